The van der Waals surface area contributed by atoms with Crippen molar-refractivity contribution < 1.29 is 18.0 Å². The van der Waals surface area contributed by atoms with Crippen LogP contribution in [0.25, 0.3) is 0 Å². The molecule has 0 aliphatic carbocycles. The molecule has 3 nitrogen and oxygen atoms in total. The lowest BCUT2D eigenvalue weighted by Crippen LogP contribution is -2.35. The number of alkyl halides is 3. The highest BCUT2D eigenvalue weighted by molar-refractivity contribution is 5.92. The topological polar surface area (TPSA) is 41.1 Å². The molecule has 0 heterocycles. The van der Waals surface area contributed by atoms with Gasteiger partial charge in [0.1, 0.15) is 0 Å². The summed E-state index contributed by atoms with van der Waals surface area (Å²) >= 11 is 0. The predicted octanol–water partition coefficient (Wildman–Crippen LogP) is 3.29. The Morgan fingerprint density at radius 3 is 2.35 bits per heavy atom. The standard InChI is InChI=1S/C14H19F3N2O/c1-3-10(2)11-4-6-12(7-5-11)19-13(20)8-18-9-14(15,16)17/h4-7,10,18H,3,8-9H2,1-2H3,(H,19,20). The first kappa shape index (κ1) is 16.5. The summed E-state index contributed by atoms with van der Waals surface area (Å²) in [5, 5.41) is 4.59. The molecule has 0 aromatic heterocycles. The van der Waals surface area contributed by atoms with Gasteiger partial charge in [-0.15, -0.1) is 0 Å². The van der Waals surface area contributed by atoms with Gasteiger partial charge in [-0.1, -0.05) is 26.0 Å². The third-order valence-electron chi connectivity index (χ3n) is 2.99. The van der Waals surface area contributed by atoms with Crippen LogP contribution in [-0.2, 0) is 4.79 Å². The molecule has 6 heteroatoms. The highest BCUT2D eigenvalue weighted by Crippen LogP contribution is 2.20. The lowest BCUT2D eigenvalue weighted by molar-refractivity contribution is -0.126. The van der Waals surface area contributed by atoms with Crippen LogP contribution in [-0.4, -0.2) is 25.2 Å². The van der Waals surface area contributed by atoms with E-state index in [0.29, 0.717) is 11.6 Å². The van der Waals surface area contributed by atoms with Crippen molar-refractivity contribution in [2.24, 2.45) is 0 Å². The number of benzene rings is 1. The van der Waals surface area contributed by atoms with Crippen molar-refractivity contribution in [2.45, 2.75) is 32.4 Å². The molecule has 1 rings (SSSR count). The van der Waals surface area contributed by atoms with Crippen LogP contribution in [0.2, 0.25) is 0 Å². The summed E-state index contributed by atoms with van der Waals surface area (Å²) in [6.45, 7) is 2.65. The molecule has 0 aliphatic rings. The average Bonchev–Trinajstić information content (AvgIpc) is 2.37. The number of rotatable bonds is 6. The fourth-order valence-electron chi connectivity index (χ4n) is 1.65. The maximum absolute atomic E-state index is 11.9. The van der Waals surface area contributed by atoms with E-state index in [1.54, 1.807) is 12.1 Å². The zero-order chi connectivity index (χ0) is 15.2. The van der Waals surface area contributed by atoms with Gasteiger partial charge in [-0.3, -0.25) is 4.79 Å². The third kappa shape index (κ3) is 6.06. The minimum atomic E-state index is -4.31. The molecule has 0 fully saturated rings. The van der Waals surface area contributed by atoms with E-state index >= 15 is 0 Å². The SMILES string of the molecule is CCC(C)c1ccc(NC(=O)CNCC(F)(F)F)cc1. The van der Waals surface area contributed by atoms with Crippen LogP contribution in [0, 0.1) is 0 Å². The quantitative estimate of drug-likeness (QED) is 0.843. The average molecular weight is 288 g/mol. The molecule has 0 saturated heterocycles. The second kappa shape index (κ2) is 7.28. The second-order valence-corrected chi connectivity index (χ2v) is 4.70. The Kier molecular flexibility index (Phi) is 6.01. The van der Waals surface area contributed by atoms with Gasteiger partial charge in [0, 0.05) is 5.69 Å². The summed E-state index contributed by atoms with van der Waals surface area (Å²) in [5.74, 6) is -0.0567. The molecule has 1 atom stereocenters. The van der Waals surface area contributed by atoms with Crippen molar-refractivity contribution in [2.75, 3.05) is 18.4 Å². The molecule has 112 valence electrons. The molecule has 1 aromatic rings. The molecule has 1 amide bonds. The Bertz CT molecular complexity index is 429. The first-order chi connectivity index (χ1) is 9.31. The van der Waals surface area contributed by atoms with E-state index in [1.165, 1.54) is 5.56 Å². The smallest absolute Gasteiger partial charge is 0.325 e. The molecular weight excluding hydrogens is 269 g/mol. The van der Waals surface area contributed by atoms with Crippen LogP contribution in [0.5, 0.6) is 0 Å². The normalized spacial score (nSPS) is 13.1. The number of halogens is 3. The van der Waals surface area contributed by atoms with Crippen LogP contribution >= 0.6 is 0 Å². The number of nitrogens with one attached hydrogen (secondary N) is 2. The van der Waals surface area contributed by atoms with Crippen molar-refractivity contribution in [1.29, 1.82) is 0 Å². The summed E-state index contributed by atoms with van der Waals surface area (Å²) in [6, 6.07) is 7.33. The van der Waals surface area contributed by atoms with Gasteiger partial charge in [-0.25, -0.2) is 0 Å². The molecule has 0 bridgehead atoms. The number of carbonyl (C=O) groups is 1. The zero-order valence-electron chi connectivity index (χ0n) is 11.6. The minimum Gasteiger partial charge on any atom is -0.325 e. The first-order valence-electron chi connectivity index (χ1n) is 6.49. The number of amides is 1. The molecule has 0 aliphatic heterocycles. The van der Waals surface area contributed by atoms with E-state index in [0.717, 1.165) is 6.42 Å². The summed E-state index contributed by atoms with van der Waals surface area (Å²) in [5.41, 5.74) is 1.75. The van der Waals surface area contributed by atoms with E-state index in [2.05, 4.69) is 19.2 Å². The van der Waals surface area contributed by atoms with Gasteiger partial charge in [-0.05, 0) is 30.0 Å². The summed E-state index contributed by atoms with van der Waals surface area (Å²) in [4.78, 5) is 11.4. The molecule has 1 aromatic carbocycles. The predicted molar refractivity (Wildman–Crippen MR) is 72.7 cm³/mol. The maximum Gasteiger partial charge on any atom is 0.401 e. The van der Waals surface area contributed by atoms with Crippen LogP contribution in [0.1, 0.15) is 31.7 Å². The third-order valence-corrected chi connectivity index (χ3v) is 2.99. The largest absolute Gasteiger partial charge is 0.401 e. The van der Waals surface area contributed by atoms with Gasteiger partial charge in [0.25, 0.3) is 0 Å². The highest BCUT2D eigenvalue weighted by atomic mass is 19.4. The second-order valence-electron chi connectivity index (χ2n) is 4.70. The summed E-state index contributed by atoms with van der Waals surface area (Å²) in [6.07, 6.45) is -3.29. The van der Waals surface area contributed by atoms with Crippen molar-refractivity contribution >= 4 is 11.6 Å². The monoisotopic (exact) mass is 288 g/mol. The van der Waals surface area contributed by atoms with Gasteiger partial charge in [0.15, 0.2) is 0 Å². The molecular formula is C14H19F3N2O. The molecule has 0 radical (unpaired) electrons. The van der Waals surface area contributed by atoms with E-state index < -0.39 is 18.6 Å². The Labute approximate surface area is 116 Å². The highest BCUT2D eigenvalue weighted by Gasteiger charge is 2.26. The van der Waals surface area contributed by atoms with E-state index in [-0.39, 0.29) is 6.54 Å². The van der Waals surface area contributed by atoms with Crippen molar-refractivity contribution in [1.82, 2.24) is 5.32 Å². The molecule has 0 spiro atoms. The van der Waals surface area contributed by atoms with E-state index in [1.807, 2.05) is 17.4 Å². The van der Waals surface area contributed by atoms with E-state index in [9.17, 15) is 18.0 Å². The van der Waals surface area contributed by atoms with Crippen molar-refractivity contribution in [3.63, 3.8) is 0 Å². The summed E-state index contributed by atoms with van der Waals surface area (Å²) in [7, 11) is 0. The van der Waals surface area contributed by atoms with Crippen LogP contribution in [0.3, 0.4) is 0 Å². The first-order valence-corrected chi connectivity index (χ1v) is 6.49. The molecule has 1 unspecified atom stereocenters. The molecule has 20 heavy (non-hydrogen) atoms. The zero-order valence-corrected chi connectivity index (χ0v) is 11.6. The van der Waals surface area contributed by atoms with Gasteiger partial charge in [-0.2, -0.15) is 13.2 Å². The minimum absolute atomic E-state index is 0.368. The fraction of sp³-hybridized carbons (Fsp3) is 0.500. The Balaban J connectivity index is 2.42. The van der Waals surface area contributed by atoms with Gasteiger partial charge in [0.05, 0.1) is 13.1 Å². The lowest BCUT2D eigenvalue weighted by Gasteiger charge is -2.11. The Morgan fingerprint density at radius 1 is 1.25 bits per heavy atom. The molecule has 0 saturated carbocycles. The van der Waals surface area contributed by atoms with Gasteiger partial charge >= 0.3 is 6.18 Å². The fourth-order valence-corrected chi connectivity index (χ4v) is 1.65. The summed E-state index contributed by atoms with van der Waals surface area (Å²) < 4.78 is 35.7. The van der Waals surface area contributed by atoms with Crippen molar-refractivity contribution in [3.8, 4) is 0 Å². The maximum atomic E-state index is 11.9. The number of hydrogen-bond acceptors (Lipinski definition) is 2. The Hall–Kier alpha value is -1.56. The number of anilines is 1. The number of carbonyl (C=O) groups excluding carboxylic acids is 1. The van der Waals surface area contributed by atoms with Crippen LogP contribution in [0.15, 0.2) is 24.3 Å². The van der Waals surface area contributed by atoms with Gasteiger partial charge in [0.2, 0.25) is 5.91 Å². The van der Waals surface area contributed by atoms with Crippen LogP contribution < -0.4 is 10.6 Å². The van der Waals surface area contributed by atoms with Gasteiger partial charge < -0.3 is 10.6 Å². The molecule has 2 N–H and O–H groups in total. The Morgan fingerprint density at radius 2 is 1.85 bits per heavy atom. The van der Waals surface area contributed by atoms with Crippen molar-refractivity contribution in [3.05, 3.63) is 29.8 Å². The lowest BCUT2D eigenvalue weighted by atomic mass is 9.99. The van der Waals surface area contributed by atoms with E-state index in [4.69, 9.17) is 0 Å². The number of hydrogen-bond donors (Lipinski definition) is 2. The van der Waals surface area contributed by atoms with Crippen LogP contribution in [0.4, 0.5) is 18.9 Å².